The van der Waals surface area contributed by atoms with E-state index in [4.69, 9.17) is 4.55 Å². The summed E-state index contributed by atoms with van der Waals surface area (Å²) in [6.45, 7) is 0. The Balaban J connectivity index is 2.67. The van der Waals surface area contributed by atoms with Crippen molar-refractivity contribution in [3.8, 4) is 17.1 Å². The lowest BCUT2D eigenvalue weighted by molar-refractivity contribution is 0.456. The maximum absolute atomic E-state index is 11.1. The fourth-order valence-corrected chi connectivity index (χ4v) is 2.13. The van der Waals surface area contributed by atoms with E-state index >= 15 is 0 Å². The molecule has 84 valence electrons. The Labute approximate surface area is 92.1 Å². The van der Waals surface area contributed by atoms with Gasteiger partial charge in [0.15, 0.2) is 5.88 Å². The van der Waals surface area contributed by atoms with E-state index < -0.39 is 10.1 Å². The molecular weight excluding hydrogens is 230 g/mol. The number of H-pyrrole nitrogens is 1. The van der Waals surface area contributed by atoms with Crippen LogP contribution in [0.1, 0.15) is 0 Å². The molecule has 0 fully saturated rings. The first-order valence-electron chi connectivity index (χ1n) is 4.43. The summed E-state index contributed by atoms with van der Waals surface area (Å²) in [6, 6.07) is 9.53. The van der Waals surface area contributed by atoms with Crippen molar-refractivity contribution in [2.75, 3.05) is 0 Å². The van der Waals surface area contributed by atoms with Crippen molar-refractivity contribution >= 4 is 10.1 Å². The molecule has 0 saturated heterocycles. The van der Waals surface area contributed by atoms with Crippen LogP contribution in [0.5, 0.6) is 5.88 Å². The number of aromatic nitrogens is 1. The number of aromatic amines is 1. The van der Waals surface area contributed by atoms with Gasteiger partial charge >= 0.3 is 0 Å². The fourth-order valence-electron chi connectivity index (χ4n) is 1.44. The maximum Gasteiger partial charge on any atom is 0.296 e. The molecule has 0 atom stereocenters. The Morgan fingerprint density at radius 3 is 2.31 bits per heavy atom. The molecule has 0 saturated carbocycles. The normalized spacial score (nSPS) is 11.6. The molecular formula is C10H9NO4S. The lowest BCUT2D eigenvalue weighted by Gasteiger charge is -2.00. The molecule has 6 heteroatoms. The highest BCUT2D eigenvalue weighted by molar-refractivity contribution is 7.86. The highest BCUT2D eigenvalue weighted by atomic mass is 32.2. The molecule has 0 unspecified atom stereocenters. The molecule has 2 rings (SSSR count). The van der Waals surface area contributed by atoms with Crippen molar-refractivity contribution in [2.24, 2.45) is 0 Å². The monoisotopic (exact) mass is 239 g/mol. The molecule has 3 N–H and O–H groups in total. The Bertz CT molecular complexity index is 601. The molecule has 0 aliphatic carbocycles. The van der Waals surface area contributed by atoms with E-state index in [1.807, 2.05) is 0 Å². The highest BCUT2D eigenvalue weighted by Crippen LogP contribution is 2.29. The van der Waals surface area contributed by atoms with E-state index in [1.165, 1.54) is 0 Å². The summed E-state index contributed by atoms with van der Waals surface area (Å²) in [5, 5.41) is 9.23. The smallest absolute Gasteiger partial charge is 0.296 e. The molecule has 16 heavy (non-hydrogen) atoms. The number of hydrogen-bond donors (Lipinski definition) is 3. The Morgan fingerprint density at radius 2 is 1.75 bits per heavy atom. The summed E-state index contributed by atoms with van der Waals surface area (Å²) in [4.78, 5) is 2.15. The van der Waals surface area contributed by atoms with E-state index in [2.05, 4.69) is 4.98 Å². The van der Waals surface area contributed by atoms with Crippen LogP contribution in [0, 0.1) is 0 Å². The Morgan fingerprint density at radius 1 is 1.12 bits per heavy atom. The highest BCUT2D eigenvalue weighted by Gasteiger charge is 2.19. The van der Waals surface area contributed by atoms with Gasteiger partial charge in [0, 0.05) is 6.07 Å². The average molecular weight is 239 g/mol. The lowest BCUT2D eigenvalue weighted by atomic mass is 10.2. The van der Waals surface area contributed by atoms with Crippen LogP contribution in [0.15, 0.2) is 41.3 Å². The van der Waals surface area contributed by atoms with E-state index in [-0.39, 0.29) is 16.5 Å². The van der Waals surface area contributed by atoms with Crippen LogP contribution in [-0.4, -0.2) is 23.1 Å². The number of aromatic hydroxyl groups is 1. The summed E-state index contributed by atoms with van der Waals surface area (Å²) in [6.07, 6.45) is 0. The quantitative estimate of drug-likeness (QED) is 0.695. The Hall–Kier alpha value is -1.79. The van der Waals surface area contributed by atoms with Crippen molar-refractivity contribution < 1.29 is 18.1 Å². The molecule has 0 spiro atoms. The third-order valence-corrected chi connectivity index (χ3v) is 2.99. The summed E-state index contributed by atoms with van der Waals surface area (Å²) in [7, 11) is -4.35. The van der Waals surface area contributed by atoms with Crippen LogP contribution >= 0.6 is 0 Å². The van der Waals surface area contributed by atoms with Crippen LogP contribution in [0.3, 0.4) is 0 Å². The second kappa shape index (κ2) is 3.66. The largest absolute Gasteiger partial charge is 0.495 e. The SMILES string of the molecule is O=S(=O)(O)c1cc(O)[nH]c1-c1ccccc1. The minimum absolute atomic E-state index is 0.167. The summed E-state index contributed by atoms with van der Waals surface area (Å²) >= 11 is 0. The molecule has 5 nitrogen and oxygen atoms in total. The van der Waals surface area contributed by atoms with Crippen molar-refractivity contribution in [1.82, 2.24) is 4.98 Å². The van der Waals surface area contributed by atoms with Gasteiger partial charge in [0.1, 0.15) is 4.90 Å². The number of benzene rings is 1. The van der Waals surface area contributed by atoms with Crippen molar-refractivity contribution in [3.05, 3.63) is 36.4 Å². The molecule has 0 radical (unpaired) electrons. The van der Waals surface area contributed by atoms with Crippen LogP contribution in [0.4, 0.5) is 0 Å². The molecule has 0 bridgehead atoms. The van der Waals surface area contributed by atoms with Crippen LogP contribution in [-0.2, 0) is 10.1 Å². The van der Waals surface area contributed by atoms with Gasteiger partial charge < -0.3 is 10.1 Å². The van der Waals surface area contributed by atoms with Gasteiger partial charge in [0.2, 0.25) is 0 Å². The molecule has 1 heterocycles. The van der Waals surface area contributed by atoms with Gasteiger partial charge in [-0.15, -0.1) is 0 Å². The van der Waals surface area contributed by atoms with E-state index in [9.17, 15) is 13.5 Å². The second-order valence-electron chi connectivity index (χ2n) is 3.23. The summed E-state index contributed by atoms with van der Waals surface area (Å²) < 4.78 is 31.1. The van der Waals surface area contributed by atoms with E-state index in [1.54, 1.807) is 30.3 Å². The first-order chi connectivity index (χ1) is 7.48. The molecule has 0 amide bonds. The van der Waals surface area contributed by atoms with E-state index in [0.29, 0.717) is 5.56 Å². The van der Waals surface area contributed by atoms with E-state index in [0.717, 1.165) is 6.07 Å². The zero-order chi connectivity index (χ0) is 11.8. The molecule has 0 aliphatic rings. The van der Waals surface area contributed by atoms with Gasteiger partial charge in [-0.05, 0) is 5.56 Å². The van der Waals surface area contributed by atoms with Crippen molar-refractivity contribution in [2.45, 2.75) is 4.90 Å². The predicted octanol–water partition coefficient (Wildman–Crippen LogP) is 1.63. The van der Waals surface area contributed by atoms with Crippen LogP contribution in [0.2, 0.25) is 0 Å². The summed E-state index contributed by atoms with van der Waals surface area (Å²) in [5.74, 6) is -0.313. The second-order valence-corrected chi connectivity index (χ2v) is 4.62. The third-order valence-electron chi connectivity index (χ3n) is 2.11. The molecule has 1 aromatic carbocycles. The van der Waals surface area contributed by atoms with Gasteiger partial charge in [-0.2, -0.15) is 8.42 Å². The van der Waals surface area contributed by atoms with Crippen molar-refractivity contribution in [3.63, 3.8) is 0 Å². The Kier molecular flexibility index (Phi) is 2.45. The molecule has 2 aromatic rings. The van der Waals surface area contributed by atoms with Gasteiger partial charge in [0.25, 0.3) is 10.1 Å². The topological polar surface area (TPSA) is 90.4 Å². The van der Waals surface area contributed by atoms with Gasteiger partial charge in [0.05, 0.1) is 5.69 Å². The van der Waals surface area contributed by atoms with Gasteiger partial charge in [-0.1, -0.05) is 30.3 Å². The van der Waals surface area contributed by atoms with Gasteiger partial charge in [-0.3, -0.25) is 4.55 Å². The molecule has 1 aromatic heterocycles. The zero-order valence-corrected chi connectivity index (χ0v) is 8.90. The number of hydrogen-bond acceptors (Lipinski definition) is 3. The maximum atomic E-state index is 11.1. The zero-order valence-electron chi connectivity index (χ0n) is 8.08. The van der Waals surface area contributed by atoms with Gasteiger partial charge in [-0.25, -0.2) is 0 Å². The lowest BCUT2D eigenvalue weighted by Crippen LogP contribution is -1.98. The summed E-state index contributed by atoms with van der Waals surface area (Å²) in [5.41, 5.74) is 0.732. The molecule has 0 aliphatic heterocycles. The predicted molar refractivity (Wildman–Crippen MR) is 57.7 cm³/mol. The number of nitrogens with one attached hydrogen (secondary N) is 1. The fraction of sp³-hybridized carbons (Fsp3) is 0. The first-order valence-corrected chi connectivity index (χ1v) is 5.87. The standard InChI is InChI=1S/C10H9NO4S/c12-9-6-8(16(13,14)15)10(11-9)7-4-2-1-3-5-7/h1-6,11-12H,(H,13,14,15). The minimum Gasteiger partial charge on any atom is -0.495 e. The average Bonchev–Trinajstić information content (AvgIpc) is 2.61. The third kappa shape index (κ3) is 1.93. The first kappa shape index (κ1) is 10.7. The number of rotatable bonds is 2. The minimum atomic E-state index is -4.35. The van der Waals surface area contributed by atoms with Crippen LogP contribution in [0.25, 0.3) is 11.3 Å². The van der Waals surface area contributed by atoms with Crippen LogP contribution < -0.4 is 0 Å². The van der Waals surface area contributed by atoms with Crippen molar-refractivity contribution in [1.29, 1.82) is 0 Å².